The topological polar surface area (TPSA) is 35.5 Å². The first-order valence-corrected chi connectivity index (χ1v) is 6.83. The number of aliphatic hydroxyl groups excluding tert-OH is 1. The number of β-amino-alcohol motifs (C(OH)–C–C–N with tert-alkyl or cyclic N) is 1. The highest BCUT2D eigenvalue weighted by Gasteiger charge is 2.20. The number of aryl methyl sites for hydroxylation is 1. The second kappa shape index (κ2) is 5.72. The van der Waals surface area contributed by atoms with Gasteiger partial charge >= 0.3 is 0 Å². The van der Waals surface area contributed by atoms with Crippen molar-refractivity contribution < 1.29 is 5.11 Å². The number of anilines is 1. The van der Waals surface area contributed by atoms with Crippen LogP contribution < -0.4 is 10.2 Å². The number of para-hydroxylation sites is 1. The predicted molar refractivity (Wildman–Crippen MR) is 76.4 cm³/mol. The summed E-state index contributed by atoms with van der Waals surface area (Å²) < 4.78 is 0. The van der Waals surface area contributed by atoms with Crippen molar-refractivity contribution in [3.63, 3.8) is 0 Å². The lowest BCUT2D eigenvalue weighted by Gasteiger charge is -2.29. The minimum Gasteiger partial charge on any atom is -0.390 e. The lowest BCUT2D eigenvalue weighted by atomic mass is 9.97. The van der Waals surface area contributed by atoms with Crippen molar-refractivity contribution >= 4 is 5.69 Å². The first-order chi connectivity index (χ1) is 8.59. The minimum atomic E-state index is -0.285. The van der Waals surface area contributed by atoms with Crippen molar-refractivity contribution in [1.82, 2.24) is 5.32 Å². The molecule has 0 bridgehead atoms. The van der Waals surface area contributed by atoms with Crippen molar-refractivity contribution in [2.45, 2.75) is 32.8 Å². The molecule has 0 aliphatic carbocycles. The number of nitrogens with zero attached hydrogens (tertiary/aromatic N) is 1. The highest BCUT2D eigenvalue weighted by molar-refractivity contribution is 5.60. The predicted octanol–water partition coefficient (Wildman–Crippen LogP) is 1.89. The van der Waals surface area contributed by atoms with Crippen LogP contribution in [0.1, 0.15) is 30.9 Å². The van der Waals surface area contributed by atoms with Gasteiger partial charge in [-0.1, -0.05) is 32.0 Å². The molecule has 0 saturated carbocycles. The lowest BCUT2D eigenvalue weighted by molar-refractivity contribution is 0.184. The summed E-state index contributed by atoms with van der Waals surface area (Å²) >= 11 is 0. The molecule has 3 heteroatoms. The Bertz CT molecular complexity index is 403. The highest BCUT2D eigenvalue weighted by Crippen LogP contribution is 2.31. The largest absolute Gasteiger partial charge is 0.390 e. The zero-order chi connectivity index (χ0) is 13.1. The summed E-state index contributed by atoms with van der Waals surface area (Å²) in [5, 5.41) is 13.2. The molecule has 1 unspecified atom stereocenters. The highest BCUT2D eigenvalue weighted by atomic mass is 16.3. The Balaban J connectivity index is 2.36. The van der Waals surface area contributed by atoms with Gasteiger partial charge < -0.3 is 15.3 Å². The molecule has 0 radical (unpaired) electrons. The summed E-state index contributed by atoms with van der Waals surface area (Å²) in [6.07, 6.45) is -0.285. The molecule has 1 aromatic rings. The Morgan fingerprint density at radius 1 is 1.39 bits per heavy atom. The van der Waals surface area contributed by atoms with E-state index in [1.54, 1.807) is 0 Å². The molecule has 1 aromatic carbocycles. The Kier molecular flexibility index (Phi) is 4.25. The van der Waals surface area contributed by atoms with Crippen LogP contribution in [0.5, 0.6) is 0 Å². The van der Waals surface area contributed by atoms with E-state index in [1.165, 1.54) is 16.8 Å². The molecule has 2 rings (SSSR count). The quantitative estimate of drug-likeness (QED) is 0.839. The minimum absolute atomic E-state index is 0.285. The Hall–Kier alpha value is -1.06. The van der Waals surface area contributed by atoms with Crippen LogP contribution in [0.15, 0.2) is 18.2 Å². The third kappa shape index (κ3) is 2.85. The summed E-state index contributed by atoms with van der Waals surface area (Å²) in [6, 6.07) is 6.49. The summed E-state index contributed by atoms with van der Waals surface area (Å²) in [4.78, 5) is 2.33. The van der Waals surface area contributed by atoms with Gasteiger partial charge in [0.05, 0.1) is 6.10 Å². The SMILES string of the molecule is Cc1cccc(C(C)C)c1N1CCNCC(O)C1. The maximum absolute atomic E-state index is 9.94. The van der Waals surface area contributed by atoms with E-state index >= 15 is 0 Å². The van der Waals surface area contributed by atoms with Crippen molar-refractivity contribution in [3.05, 3.63) is 29.3 Å². The second-order valence-corrected chi connectivity index (χ2v) is 5.47. The van der Waals surface area contributed by atoms with E-state index in [-0.39, 0.29) is 6.10 Å². The Labute approximate surface area is 110 Å². The number of hydrogen-bond acceptors (Lipinski definition) is 3. The van der Waals surface area contributed by atoms with E-state index in [2.05, 4.69) is 49.2 Å². The van der Waals surface area contributed by atoms with Crippen LogP contribution in [0.3, 0.4) is 0 Å². The second-order valence-electron chi connectivity index (χ2n) is 5.47. The van der Waals surface area contributed by atoms with E-state index in [4.69, 9.17) is 0 Å². The number of aliphatic hydroxyl groups is 1. The third-order valence-corrected chi connectivity index (χ3v) is 3.58. The molecule has 18 heavy (non-hydrogen) atoms. The van der Waals surface area contributed by atoms with Crippen LogP contribution in [0, 0.1) is 6.92 Å². The lowest BCUT2D eigenvalue weighted by Crippen LogP contribution is -2.34. The average Bonchev–Trinajstić information content (AvgIpc) is 2.53. The third-order valence-electron chi connectivity index (χ3n) is 3.58. The molecule has 1 atom stereocenters. The van der Waals surface area contributed by atoms with Gasteiger partial charge in [0.1, 0.15) is 0 Å². The summed E-state index contributed by atoms with van der Waals surface area (Å²) in [6.45, 7) is 9.92. The number of rotatable bonds is 2. The van der Waals surface area contributed by atoms with Crippen LogP contribution in [0.25, 0.3) is 0 Å². The van der Waals surface area contributed by atoms with Crippen LogP contribution in [0.4, 0.5) is 5.69 Å². The molecule has 0 amide bonds. The Morgan fingerprint density at radius 3 is 2.89 bits per heavy atom. The van der Waals surface area contributed by atoms with Crippen LogP contribution in [-0.4, -0.2) is 37.4 Å². The fourth-order valence-corrected chi connectivity index (χ4v) is 2.68. The molecule has 1 aliphatic heterocycles. The number of benzene rings is 1. The normalized spacial score (nSPS) is 21.2. The van der Waals surface area contributed by atoms with Gasteiger partial charge in [-0.2, -0.15) is 0 Å². The molecule has 0 aromatic heterocycles. The van der Waals surface area contributed by atoms with Crippen molar-refractivity contribution in [2.24, 2.45) is 0 Å². The van der Waals surface area contributed by atoms with Gasteiger partial charge in [0.15, 0.2) is 0 Å². The van der Waals surface area contributed by atoms with E-state index in [9.17, 15) is 5.11 Å². The van der Waals surface area contributed by atoms with Gasteiger partial charge in [0.2, 0.25) is 0 Å². The van der Waals surface area contributed by atoms with E-state index in [0.717, 1.165) is 19.6 Å². The molecule has 0 spiro atoms. The van der Waals surface area contributed by atoms with Crippen molar-refractivity contribution in [3.8, 4) is 0 Å². The zero-order valence-electron chi connectivity index (χ0n) is 11.6. The molecule has 1 heterocycles. The monoisotopic (exact) mass is 248 g/mol. The molecular formula is C15H24N2O. The fourth-order valence-electron chi connectivity index (χ4n) is 2.68. The van der Waals surface area contributed by atoms with Gasteiger partial charge in [-0.25, -0.2) is 0 Å². The number of nitrogens with one attached hydrogen (secondary N) is 1. The first-order valence-electron chi connectivity index (χ1n) is 6.83. The summed E-state index contributed by atoms with van der Waals surface area (Å²) in [7, 11) is 0. The summed E-state index contributed by atoms with van der Waals surface area (Å²) in [5.41, 5.74) is 4.00. The van der Waals surface area contributed by atoms with Gasteiger partial charge in [0.25, 0.3) is 0 Å². The molecule has 100 valence electrons. The van der Waals surface area contributed by atoms with E-state index in [0.29, 0.717) is 12.5 Å². The zero-order valence-corrected chi connectivity index (χ0v) is 11.6. The van der Waals surface area contributed by atoms with Crippen molar-refractivity contribution in [2.75, 3.05) is 31.1 Å². The first kappa shape index (κ1) is 13.4. The fraction of sp³-hybridized carbons (Fsp3) is 0.600. The molecule has 1 aliphatic rings. The van der Waals surface area contributed by atoms with Crippen LogP contribution >= 0.6 is 0 Å². The molecule has 2 N–H and O–H groups in total. The van der Waals surface area contributed by atoms with E-state index < -0.39 is 0 Å². The number of hydrogen-bond donors (Lipinski definition) is 2. The molecule has 1 saturated heterocycles. The van der Waals surface area contributed by atoms with Crippen LogP contribution in [0.2, 0.25) is 0 Å². The van der Waals surface area contributed by atoms with Gasteiger partial charge in [-0.05, 0) is 24.0 Å². The van der Waals surface area contributed by atoms with Gasteiger partial charge in [-0.3, -0.25) is 0 Å². The maximum atomic E-state index is 9.94. The smallest absolute Gasteiger partial charge is 0.0839 e. The Morgan fingerprint density at radius 2 is 2.17 bits per heavy atom. The summed E-state index contributed by atoms with van der Waals surface area (Å²) in [5.74, 6) is 0.508. The van der Waals surface area contributed by atoms with Crippen LogP contribution in [-0.2, 0) is 0 Å². The van der Waals surface area contributed by atoms with Crippen molar-refractivity contribution in [1.29, 1.82) is 0 Å². The molecule has 1 fully saturated rings. The molecular weight excluding hydrogens is 224 g/mol. The standard InChI is InChI=1S/C15H24N2O/c1-11(2)14-6-4-5-12(3)15(14)17-8-7-16-9-13(18)10-17/h4-6,11,13,16,18H,7-10H2,1-3H3. The van der Waals surface area contributed by atoms with Gasteiger partial charge in [0, 0.05) is 31.9 Å². The molecule has 3 nitrogen and oxygen atoms in total. The van der Waals surface area contributed by atoms with E-state index in [1.807, 2.05) is 0 Å². The van der Waals surface area contributed by atoms with Gasteiger partial charge in [-0.15, -0.1) is 0 Å². The average molecular weight is 248 g/mol. The maximum Gasteiger partial charge on any atom is 0.0839 e.